The van der Waals surface area contributed by atoms with E-state index in [2.05, 4.69) is 44.3 Å². The van der Waals surface area contributed by atoms with Crippen LogP contribution in [0.4, 0.5) is 0 Å². The third-order valence-electron chi connectivity index (χ3n) is 7.90. The second-order valence-corrected chi connectivity index (χ2v) is 11.2. The largest absolute Gasteiger partial charge is 0.491 e. The fourth-order valence-electron chi connectivity index (χ4n) is 5.30. The molecule has 0 spiro atoms. The SMILES string of the molecule is C=C(CO)C(=O)OCCOc1cc(OCCOC(O)C(=C)CO)cc(-c2ccc(C3CCC(CCCCC)CC3)cc2)c1. The molecular formula is C35H48O8. The van der Waals surface area contributed by atoms with Gasteiger partial charge in [-0.3, -0.25) is 0 Å². The van der Waals surface area contributed by atoms with Crippen LogP contribution < -0.4 is 9.47 Å². The van der Waals surface area contributed by atoms with Crippen molar-refractivity contribution < 1.29 is 39.1 Å². The Morgan fingerprint density at radius 3 is 2.12 bits per heavy atom. The van der Waals surface area contributed by atoms with E-state index in [1.165, 1.54) is 56.9 Å². The van der Waals surface area contributed by atoms with Crippen molar-refractivity contribution in [1.29, 1.82) is 0 Å². The third kappa shape index (κ3) is 11.4. The highest BCUT2D eigenvalue weighted by molar-refractivity contribution is 5.87. The first kappa shape index (κ1) is 34.3. The van der Waals surface area contributed by atoms with Gasteiger partial charge in [0.1, 0.15) is 31.3 Å². The predicted molar refractivity (Wildman–Crippen MR) is 167 cm³/mol. The maximum Gasteiger partial charge on any atom is 0.335 e. The van der Waals surface area contributed by atoms with E-state index in [9.17, 15) is 9.90 Å². The number of rotatable bonds is 19. The molecular weight excluding hydrogens is 548 g/mol. The molecule has 236 valence electrons. The molecule has 3 rings (SSSR count). The molecule has 0 aliphatic heterocycles. The second kappa shape index (κ2) is 18.5. The maximum atomic E-state index is 11.7. The molecule has 1 aliphatic rings. The van der Waals surface area contributed by atoms with Gasteiger partial charge in [-0.05, 0) is 66.3 Å². The van der Waals surface area contributed by atoms with Crippen molar-refractivity contribution in [3.63, 3.8) is 0 Å². The van der Waals surface area contributed by atoms with Gasteiger partial charge >= 0.3 is 5.97 Å². The summed E-state index contributed by atoms with van der Waals surface area (Å²) < 4.78 is 22.1. The minimum atomic E-state index is -1.27. The molecule has 1 saturated carbocycles. The van der Waals surface area contributed by atoms with E-state index in [0.717, 1.165) is 17.0 Å². The molecule has 1 unspecified atom stereocenters. The van der Waals surface area contributed by atoms with Crippen LogP contribution in [0.5, 0.6) is 11.5 Å². The van der Waals surface area contributed by atoms with Gasteiger partial charge in [0, 0.05) is 11.6 Å². The zero-order valence-corrected chi connectivity index (χ0v) is 25.5. The van der Waals surface area contributed by atoms with Crippen LogP contribution in [0, 0.1) is 5.92 Å². The Hall–Kier alpha value is -3.17. The van der Waals surface area contributed by atoms with Crippen molar-refractivity contribution in [1.82, 2.24) is 0 Å². The highest BCUT2D eigenvalue weighted by Gasteiger charge is 2.22. The summed E-state index contributed by atoms with van der Waals surface area (Å²) >= 11 is 0. The number of hydrogen-bond donors (Lipinski definition) is 3. The van der Waals surface area contributed by atoms with E-state index in [0.29, 0.717) is 17.4 Å². The van der Waals surface area contributed by atoms with Crippen LogP contribution in [-0.2, 0) is 14.3 Å². The van der Waals surface area contributed by atoms with E-state index >= 15 is 0 Å². The number of benzene rings is 2. The zero-order valence-electron chi connectivity index (χ0n) is 25.5. The zero-order chi connectivity index (χ0) is 31.0. The number of unbranched alkanes of at least 4 members (excludes halogenated alkanes) is 2. The minimum absolute atomic E-state index is 0.00566. The van der Waals surface area contributed by atoms with Gasteiger partial charge in [0.25, 0.3) is 0 Å². The summed E-state index contributed by atoms with van der Waals surface area (Å²) in [5, 5.41) is 27.9. The van der Waals surface area contributed by atoms with Crippen molar-refractivity contribution >= 4 is 5.97 Å². The number of ether oxygens (including phenoxy) is 4. The fourth-order valence-corrected chi connectivity index (χ4v) is 5.30. The summed E-state index contributed by atoms with van der Waals surface area (Å²) in [6.45, 7) is 8.77. The van der Waals surface area contributed by atoms with Crippen molar-refractivity contribution in [3.8, 4) is 22.6 Å². The van der Waals surface area contributed by atoms with Crippen molar-refractivity contribution in [2.24, 2.45) is 5.92 Å². The van der Waals surface area contributed by atoms with Crippen LogP contribution >= 0.6 is 0 Å². The van der Waals surface area contributed by atoms with Gasteiger partial charge in [0.15, 0.2) is 6.29 Å². The lowest BCUT2D eigenvalue weighted by Gasteiger charge is -2.29. The Morgan fingerprint density at radius 1 is 0.860 bits per heavy atom. The van der Waals surface area contributed by atoms with Crippen molar-refractivity contribution in [3.05, 3.63) is 72.3 Å². The summed E-state index contributed by atoms with van der Waals surface area (Å²) in [5.41, 5.74) is 3.45. The smallest absolute Gasteiger partial charge is 0.335 e. The average Bonchev–Trinajstić information content (AvgIpc) is 3.04. The molecule has 3 N–H and O–H groups in total. The van der Waals surface area contributed by atoms with Crippen molar-refractivity contribution in [2.45, 2.75) is 70.5 Å². The molecule has 1 fully saturated rings. The van der Waals surface area contributed by atoms with E-state index in [4.69, 9.17) is 29.2 Å². The first-order chi connectivity index (χ1) is 20.8. The normalized spacial score (nSPS) is 17.2. The maximum absolute atomic E-state index is 11.7. The molecule has 8 heteroatoms. The predicted octanol–water partition coefficient (Wildman–Crippen LogP) is 5.94. The third-order valence-corrected chi connectivity index (χ3v) is 7.90. The van der Waals surface area contributed by atoms with Gasteiger partial charge in [-0.15, -0.1) is 0 Å². The highest BCUT2D eigenvalue weighted by atomic mass is 16.6. The number of carbonyl (C=O) groups is 1. The molecule has 0 amide bonds. The van der Waals surface area contributed by atoms with Crippen LogP contribution in [0.3, 0.4) is 0 Å². The lowest BCUT2D eigenvalue weighted by Crippen LogP contribution is -2.20. The molecule has 0 bridgehead atoms. The van der Waals surface area contributed by atoms with Gasteiger partial charge in [-0.2, -0.15) is 0 Å². The molecule has 2 aromatic carbocycles. The lowest BCUT2D eigenvalue weighted by molar-refractivity contribution is -0.140. The van der Waals surface area contributed by atoms with Crippen molar-refractivity contribution in [2.75, 3.05) is 39.6 Å². The van der Waals surface area contributed by atoms with Gasteiger partial charge in [0.05, 0.1) is 25.4 Å². The molecule has 0 radical (unpaired) electrons. The molecule has 43 heavy (non-hydrogen) atoms. The molecule has 0 saturated heterocycles. The van der Waals surface area contributed by atoms with Gasteiger partial charge in [-0.25, -0.2) is 4.79 Å². The summed E-state index contributed by atoms with van der Waals surface area (Å²) in [7, 11) is 0. The molecule has 1 aliphatic carbocycles. The Kier molecular flexibility index (Phi) is 14.8. The average molecular weight is 597 g/mol. The van der Waals surface area contributed by atoms with Crippen LogP contribution in [0.25, 0.3) is 11.1 Å². The topological polar surface area (TPSA) is 115 Å². The lowest BCUT2D eigenvalue weighted by atomic mass is 9.77. The fraction of sp³-hybridized carbons (Fsp3) is 0.514. The quantitative estimate of drug-likeness (QED) is 0.0600. The summed E-state index contributed by atoms with van der Waals surface area (Å²) in [6.07, 6.45) is 9.20. The van der Waals surface area contributed by atoms with E-state index in [-0.39, 0.29) is 44.2 Å². The first-order valence-corrected chi connectivity index (χ1v) is 15.4. The Morgan fingerprint density at radius 2 is 1.51 bits per heavy atom. The van der Waals surface area contributed by atoms with Gasteiger partial charge in [-0.1, -0.05) is 70.0 Å². The molecule has 1 atom stereocenters. The summed E-state index contributed by atoms with van der Waals surface area (Å²) in [5.74, 6) is 1.89. The first-order valence-electron chi connectivity index (χ1n) is 15.4. The van der Waals surface area contributed by atoms with Gasteiger partial charge in [0.2, 0.25) is 0 Å². The van der Waals surface area contributed by atoms with Crippen LogP contribution in [0.15, 0.2) is 66.8 Å². The molecule has 2 aromatic rings. The summed E-state index contributed by atoms with van der Waals surface area (Å²) in [4.78, 5) is 11.7. The Balaban J connectivity index is 1.64. The number of aliphatic hydroxyl groups is 3. The molecule has 0 aromatic heterocycles. The Bertz CT molecular complexity index is 1150. The van der Waals surface area contributed by atoms with Crippen LogP contribution in [0.2, 0.25) is 0 Å². The standard InChI is InChI=1S/C35H48O8/c1-4-5-6-7-27-8-10-28(11-9-27)29-12-14-30(15-13-29)31-20-32(40-16-18-42-34(38)25(2)23-36)22-33(21-31)41-17-19-43-35(39)26(3)24-37/h12-15,20-22,27-28,34,36-38H,2-11,16-19,23-24H2,1H3. The minimum Gasteiger partial charge on any atom is -0.491 e. The van der Waals surface area contributed by atoms with E-state index < -0.39 is 18.9 Å². The molecule has 8 nitrogen and oxygen atoms in total. The number of hydrogen-bond acceptors (Lipinski definition) is 8. The second-order valence-electron chi connectivity index (χ2n) is 11.2. The van der Waals surface area contributed by atoms with Gasteiger partial charge < -0.3 is 34.3 Å². The number of carbonyl (C=O) groups excluding carboxylic acids is 1. The molecule has 0 heterocycles. The highest BCUT2D eigenvalue weighted by Crippen LogP contribution is 2.39. The van der Waals surface area contributed by atoms with E-state index in [1.54, 1.807) is 6.07 Å². The van der Waals surface area contributed by atoms with Crippen LogP contribution in [-0.4, -0.2) is 67.2 Å². The number of esters is 1. The Labute approximate surface area is 255 Å². The number of aliphatic hydroxyl groups excluding tert-OH is 3. The summed E-state index contributed by atoms with van der Waals surface area (Å²) in [6, 6.07) is 14.3. The van der Waals surface area contributed by atoms with Crippen LogP contribution in [0.1, 0.15) is 69.8 Å². The monoisotopic (exact) mass is 596 g/mol. The van der Waals surface area contributed by atoms with E-state index in [1.807, 2.05) is 12.1 Å².